The van der Waals surface area contributed by atoms with E-state index in [0.717, 1.165) is 33.8 Å². The molecular formula is C40H30O2. The van der Waals surface area contributed by atoms with Gasteiger partial charge in [0.05, 0.1) is 0 Å². The monoisotopic (exact) mass is 542 g/mol. The Balaban J connectivity index is 1.33. The summed E-state index contributed by atoms with van der Waals surface area (Å²) in [6.45, 7) is 4.68. The summed E-state index contributed by atoms with van der Waals surface area (Å²) in [7, 11) is 0. The predicted octanol–water partition coefficient (Wildman–Crippen LogP) is 10.3. The van der Waals surface area contributed by atoms with Crippen LogP contribution in [0.4, 0.5) is 0 Å². The van der Waals surface area contributed by atoms with Crippen molar-refractivity contribution in [3.05, 3.63) is 167 Å². The van der Waals surface area contributed by atoms with Crippen LogP contribution in [0.25, 0.3) is 28.0 Å². The second-order valence-electron chi connectivity index (χ2n) is 11.7. The summed E-state index contributed by atoms with van der Waals surface area (Å²) in [4.78, 5) is 0. The van der Waals surface area contributed by atoms with Crippen LogP contribution in [0.2, 0.25) is 0 Å². The number of fused-ring (bicyclic) bond motifs is 8. The molecular weight excluding hydrogens is 512 g/mol. The van der Waals surface area contributed by atoms with Crippen LogP contribution in [0, 0.1) is 0 Å². The lowest BCUT2D eigenvalue weighted by molar-refractivity contribution is 0.163. The molecule has 0 bridgehead atoms. The first-order valence-electron chi connectivity index (χ1n) is 14.5. The van der Waals surface area contributed by atoms with Crippen molar-refractivity contribution in [1.29, 1.82) is 0 Å². The van der Waals surface area contributed by atoms with Gasteiger partial charge < -0.3 is 9.47 Å². The molecule has 1 unspecified atom stereocenters. The topological polar surface area (TPSA) is 18.5 Å². The Bertz CT molecular complexity index is 1990. The van der Waals surface area contributed by atoms with E-state index in [1.54, 1.807) is 0 Å². The van der Waals surface area contributed by atoms with Crippen molar-refractivity contribution in [1.82, 2.24) is 0 Å². The van der Waals surface area contributed by atoms with Crippen molar-refractivity contribution in [3.8, 4) is 28.4 Å². The van der Waals surface area contributed by atoms with Crippen LogP contribution >= 0.6 is 0 Å². The smallest absolute Gasteiger partial charge is 0.178 e. The van der Waals surface area contributed by atoms with Crippen molar-refractivity contribution in [2.75, 3.05) is 0 Å². The second kappa shape index (κ2) is 9.22. The first-order chi connectivity index (χ1) is 20.6. The highest BCUT2D eigenvalue weighted by Gasteiger charge is 2.44. The van der Waals surface area contributed by atoms with E-state index in [0.29, 0.717) is 0 Å². The quantitative estimate of drug-likeness (QED) is 0.221. The van der Waals surface area contributed by atoms with Gasteiger partial charge in [-0.25, -0.2) is 0 Å². The van der Waals surface area contributed by atoms with E-state index in [9.17, 15) is 0 Å². The Morgan fingerprint density at radius 3 is 1.93 bits per heavy atom. The van der Waals surface area contributed by atoms with E-state index in [2.05, 4.69) is 117 Å². The summed E-state index contributed by atoms with van der Waals surface area (Å²) in [6, 6.07) is 46.2. The Kier molecular flexibility index (Phi) is 5.42. The molecule has 6 aromatic rings. The molecule has 202 valence electrons. The molecule has 1 atom stereocenters. The number of ether oxygens (including phenoxy) is 2. The zero-order valence-electron chi connectivity index (χ0n) is 23.7. The van der Waals surface area contributed by atoms with Gasteiger partial charge in [-0.1, -0.05) is 129 Å². The van der Waals surface area contributed by atoms with Crippen LogP contribution in [-0.4, -0.2) is 0 Å². The largest absolute Gasteiger partial charge is 0.472 e. The molecule has 42 heavy (non-hydrogen) atoms. The van der Waals surface area contributed by atoms with Crippen molar-refractivity contribution in [3.63, 3.8) is 0 Å². The van der Waals surface area contributed by atoms with Gasteiger partial charge in [0.2, 0.25) is 0 Å². The normalized spacial score (nSPS) is 17.7. The number of hydrogen-bond donors (Lipinski definition) is 0. The first-order valence-corrected chi connectivity index (χ1v) is 14.5. The van der Waals surface area contributed by atoms with E-state index >= 15 is 0 Å². The van der Waals surface area contributed by atoms with Crippen LogP contribution in [0.1, 0.15) is 41.7 Å². The fourth-order valence-electron chi connectivity index (χ4n) is 6.96. The molecule has 0 amide bonds. The zero-order valence-corrected chi connectivity index (χ0v) is 23.7. The minimum atomic E-state index is -0.799. The zero-order chi connectivity index (χ0) is 28.3. The van der Waals surface area contributed by atoms with Gasteiger partial charge in [0.15, 0.2) is 5.60 Å². The van der Waals surface area contributed by atoms with Gasteiger partial charge in [0.1, 0.15) is 17.2 Å². The highest BCUT2D eigenvalue weighted by molar-refractivity contribution is 6.08. The molecule has 2 nitrogen and oxygen atoms in total. The summed E-state index contributed by atoms with van der Waals surface area (Å²) >= 11 is 0. The van der Waals surface area contributed by atoms with Crippen molar-refractivity contribution < 1.29 is 9.47 Å². The van der Waals surface area contributed by atoms with Crippen molar-refractivity contribution in [2.45, 2.75) is 24.9 Å². The minimum absolute atomic E-state index is 0.156. The maximum absolute atomic E-state index is 7.35. The molecule has 0 N–H and O–H groups in total. The van der Waals surface area contributed by atoms with Gasteiger partial charge in [0, 0.05) is 27.5 Å². The Labute approximate surface area is 246 Å². The predicted molar refractivity (Wildman–Crippen MR) is 171 cm³/mol. The number of rotatable bonds is 4. The molecule has 0 spiro atoms. The molecule has 8 rings (SSSR count). The van der Waals surface area contributed by atoms with Gasteiger partial charge in [-0.3, -0.25) is 0 Å². The fraction of sp³-hybridized carbons (Fsp3) is 0.100. The highest BCUT2D eigenvalue weighted by Crippen LogP contribution is 2.58. The fourth-order valence-corrected chi connectivity index (χ4v) is 6.96. The van der Waals surface area contributed by atoms with Crippen LogP contribution in [0.3, 0.4) is 0 Å². The van der Waals surface area contributed by atoms with Crippen LogP contribution in [-0.2, 0) is 11.0 Å². The van der Waals surface area contributed by atoms with E-state index in [1.165, 1.54) is 33.2 Å². The maximum atomic E-state index is 7.35. The highest BCUT2D eigenvalue weighted by atomic mass is 16.5. The Morgan fingerprint density at radius 1 is 0.571 bits per heavy atom. The van der Waals surface area contributed by atoms with E-state index < -0.39 is 5.60 Å². The van der Waals surface area contributed by atoms with Gasteiger partial charge in [-0.05, 0) is 58.0 Å². The summed E-state index contributed by atoms with van der Waals surface area (Å²) < 4.78 is 13.5. The molecule has 0 aromatic heterocycles. The molecule has 0 fully saturated rings. The molecule has 1 aliphatic heterocycles. The average molecular weight is 543 g/mol. The van der Waals surface area contributed by atoms with Crippen molar-refractivity contribution in [2.24, 2.45) is 0 Å². The van der Waals surface area contributed by atoms with E-state index in [4.69, 9.17) is 9.47 Å². The molecule has 1 aliphatic carbocycles. The summed E-state index contributed by atoms with van der Waals surface area (Å²) in [5, 5.41) is 2.36. The van der Waals surface area contributed by atoms with Gasteiger partial charge >= 0.3 is 0 Å². The second-order valence-corrected chi connectivity index (χ2v) is 11.7. The van der Waals surface area contributed by atoms with E-state index in [1.807, 2.05) is 42.5 Å². The van der Waals surface area contributed by atoms with Crippen LogP contribution < -0.4 is 9.47 Å². The molecule has 2 heteroatoms. The summed E-state index contributed by atoms with van der Waals surface area (Å²) in [6.07, 6.45) is 4.55. The standard InChI is InChI=1S/C40H30O2/c1-39(2)35-20-12-11-19-33(35)36-31-17-9-10-18-32(31)38-34(37(36)39)25-26-40(42-38,27-13-5-3-6-14-27)28-21-23-30(24-22-28)41-29-15-7-4-8-16-29/h3-26H,1-2H3. The molecule has 1 heterocycles. The van der Waals surface area contributed by atoms with Gasteiger partial charge in [-0.2, -0.15) is 0 Å². The average Bonchev–Trinajstić information content (AvgIpc) is 3.29. The lowest BCUT2D eigenvalue weighted by Crippen LogP contribution is -2.35. The van der Waals surface area contributed by atoms with Crippen LogP contribution in [0.5, 0.6) is 17.2 Å². The number of hydrogen-bond acceptors (Lipinski definition) is 2. The van der Waals surface area contributed by atoms with Crippen LogP contribution in [0.15, 0.2) is 140 Å². The molecule has 0 radical (unpaired) electrons. The summed E-state index contributed by atoms with van der Waals surface area (Å²) in [5.74, 6) is 2.53. The number of benzene rings is 6. The minimum Gasteiger partial charge on any atom is -0.472 e. The third-order valence-corrected chi connectivity index (χ3v) is 8.91. The Hall–Kier alpha value is -5.08. The maximum Gasteiger partial charge on any atom is 0.178 e. The SMILES string of the molecule is CC1(C)c2ccccc2-c2c1c1c(c3ccccc23)OC(c2ccccc2)(c2ccc(Oc3ccccc3)cc2)C=C1. The molecule has 0 saturated carbocycles. The Morgan fingerprint density at radius 2 is 1.17 bits per heavy atom. The van der Waals surface area contributed by atoms with Gasteiger partial charge in [-0.15, -0.1) is 0 Å². The molecule has 2 aliphatic rings. The third-order valence-electron chi connectivity index (χ3n) is 8.91. The van der Waals surface area contributed by atoms with Crippen molar-refractivity contribution >= 4 is 16.8 Å². The lowest BCUT2D eigenvalue weighted by atomic mass is 9.77. The third kappa shape index (κ3) is 3.58. The van der Waals surface area contributed by atoms with E-state index in [-0.39, 0.29) is 5.41 Å². The lowest BCUT2D eigenvalue weighted by Gasteiger charge is -2.38. The summed E-state index contributed by atoms with van der Waals surface area (Å²) in [5.41, 5.74) is 7.68. The number of para-hydroxylation sites is 1. The first kappa shape index (κ1) is 24.7. The molecule has 0 saturated heterocycles. The molecule has 6 aromatic carbocycles. The van der Waals surface area contributed by atoms with Gasteiger partial charge in [0.25, 0.3) is 0 Å².